The molecule has 1 N–H and O–H groups in total. The van der Waals surface area contributed by atoms with Gasteiger partial charge in [-0.3, -0.25) is 28.8 Å². The van der Waals surface area contributed by atoms with E-state index in [0.717, 1.165) is 64.2 Å². The Balaban J connectivity index is 3.54. The van der Waals surface area contributed by atoms with E-state index in [9.17, 15) is 33.6 Å². The number of nitrogens with one attached hydrogen (secondary N) is 1. The van der Waals surface area contributed by atoms with E-state index < -0.39 is 11.5 Å². The highest BCUT2D eigenvalue weighted by atomic mass is 16.6. The van der Waals surface area contributed by atoms with E-state index in [1.807, 2.05) is 6.92 Å². The van der Waals surface area contributed by atoms with Gasteiger partial charge in [0.05, 0.1) is 51.6 Å². The number of rotatable bonds is 41. The number of alkyl carbamates (subject to hydrolysis) is 1. The van der Waals surface area contributed by atoms with Gasteiger partial charge in [0.2, 0.25) is 0 Å². The molecule has 0 fully saturated rings. The Morgan fingerprint density at radius 2 is 0.806 bits per heavy atom. The number of amides is 1. The molecule has 0 spiro atoms. The van der Waals surface area contributed by atoms with Crippen LogP contribution in [0.15, 0.2) is 0 Å². The predicted octanol–water partition coefficient (Wildman–Crippen LogP) is 9.43. The van der Waals surface area contributed by atoms with Gasteiger partial charge in [-0.25, -0.2) is 4.79 Å². The van der Waals surface area contributed by atoms with Crippen LogP contribution in [0.3, 0.4) is 0 Å². The van der Waals surface area contributed by atoms with Crippen molar-refractivity contribution >= 4 is 41.9 Å². The van der Waals surface area contributed by atoms with Gasteiger partial charge in [0.25, 0.3) is 0 Å². The first-order valence-corrected chi connectivity index (χ1v) is 23.7. The monoisotopic (exact) mass is 886 g/mol. The van der Waals surface area contributed by atoms with Crippen molar-refractivity contribution in [1.29, 1.82) is 0 Å². The summed E-state index contributed by atoms with van der Waals surface area (Å²) >= 11 is 0. The van der Waals surface area contributed by atoms with Crippen LogP contribution < -0.4 is 5.32 Å². The molecule has 0 aromatic rings. The van der Waals surface area contributed by atoms with Gasteiger partial charge in [-0.2, -0.15) is 0 Å². The molecule has 0 aromatic carbocycles. The maximum Gasteiger partial charge on any atom is 0.407 e. The van der Waals surface area contributed by atoms with Crippen molar-refractivity contribution in [1.82, 2.24) is 5.32 Å². The zero-order chi connectivity index (χ0) is 46.1. The minimum Gasteiger partial charge on any atom is -0.466 e. The Morgan fingerprint density at radius 3 is 1.16 bits per heavy atom. The van der Waals surface area contributed by atoms with E-state index in [-0.39, 0.29) is 62.0 Å². The smallest absolute Gasteiger partial charge is 0.407 e. The SMILES string of the molecule is CCCCC(CC)COC(=O)CCCCCOC(=O)CCCCCOC(=O)CCCCCOC(=O)CCCCCOC(=O)CCCCCOC(=O)NCCOC(=O)C(C)(C)CC. The number of ether oxygens (including phenoxy) is 7. The van der Waals surface area contributed by atoms with Gasteiger partial charge in [0.1, 0.15) is 6.61 Å². The molecule has 1 amide bonds. The largest absolute Gasteiger partial charge is 0.466 e. The third kappa shape index (κ3) is 36.7. The Morgan fingerprint density at radius 1 is 0.435 bits per heavy atom. The van der Waals surface area contributed by atoms with E-state index in [4.69, 9.17) is 33.2 Å². The highest BCUT2D eigenvalue weighted by molar-refractivity contribution is 5.76. The topological polar surface area (TPSA) is 196 Å². The fraction of sp³-hybridized carbons (Fsp3) is 0.851. The zero-order valence-corrected chi connectivity index (χ0v) is 39.1. The first-order chi connectivity index (χ1) is 29.8. The van der Waals surface area contributed by atoms with E-state index in [1.165, 1.54) is 0 Å². The molecule has 0 rings (SSSR count). The Bertz CT molecular complexity index is 1220. The lowest BCUT2D eigenvalue weighted by atomic mass is 9.91. The summed E-state index contributed by atoms with van der Waals surface area (Å²) in [6, 6.07) is 0. The molecule has 0 aromatic heterocycles. The van der Waals surface area contributed by atoms with Crippen LogP contribution in [0.5, 0.6) is 0 Å². The summed E-state index contributed by atoms with van der Waals surface area (Å²) in [5.41, 5.74) is -0.554. The van der Waals surface area contributed by atoms with Crippen molar-refractivity contribution in [2.45, 2.75) is 195 Å². The van der Waals surface area contributed by atoms with Gasteiger partial charge in [0.15, 0.2) is 0 Å². The molecular weight excluding hydrogens is 803 g/mol. The predicted molar refractivity (Wildman–Crippen MR) is 235 cm³/mol. The third-order valence-corrected chi connectivity index (χ3v) is 10.5. The summed E-state index contributed by atoms with van der Waals surface area (Å²) in [4.78, 5) is 83.5. The Kier molecular flexibility index (Phi) is 37.4. The summed E-state index contributed by atoms with van der Waals surface area (Å²) in [7, 11) is 0. The van der Waals surface area contributed by atoms with Crippen molar-refractivity contribution in [3.63, 3.8) is 0 Å². The van der Waals surface area contributed by atoms with Crippen molar-refractivity contribution in [2.75, 3.05) is 52.8 Å². The van der Waals surface area contributed by atoms with Crippen LogP contribution in [-0.4, -0.2) is 94.7 Å². The molecule has 0 aliphatic carbocycles. The van der Waals surface area contributed by atoms with Crippen molar-refractivity contribution in [3.05, 3.63) is 0 Å². The number of hydrogen-bond acceptors (Lipinski definition) is 14. The summed E-state index contributed by atoms with van der Waals surface area (Å²) in [5.74, 6) is -1.05. The standard InChI is InChI=1S/C47H83NO14/c1-6-9-25-39(7-2)38-62-44(53)30-19-13-23-35-59-42(51)28-17-11-21-33-57-40(49)26-15-10-20-32-56-41(50)27-16-12-22-34-58-43(52)29-18-14-24-36-61-46(55)48-31-37-60-45(54)47(4,5)8-3/h39H,6-38H2,1-5H3,(H,48,55). The van der Waals surface area contributed by atoms with Gasteiger partial charge in [-0.05, 0) is 129 Å². The molecule has 0 aliphatic heterocycles. The lowest BCUT2D eigenvalue weighted by Crippen LogP contribution is -2.32. The van der Waals surface area contributed by atoms with Gasteiger partial charge in [-0.15, -0.1) is 0 Å². The normalized spacial score (nSPS) is 11.6. The van der Waals surface area contributed by atoms with Crippen LogP contribution in [0.25, 0.3) is 0 Å². The second kappa shape index (κ2) is 39.9. The first kappa shape index (κ1) is 58.1. The summed E-state index contributed by atoms with van der Waals surface area (Å²) < 4.78 is 36.8. The molecule has 0 bridgehead atoms. The quantitative estimate of drug-likeness (QED) is 0.0346. The molecule has 15 heteroatoms. The van der Waals surface area contributed by atoms with E-state index >= 15 is 0 Å². The fourth-order valence-corrected chi connectivity index (χ4v) is 5.81. The number of esters is 6. The second-order valence-corrected chi connectivity index (χ2v) is 16.5. The number of hydrogen-bond donors (Lipinski definition) is 1. The van der Waals surface area contributed by atoms with Gasteiger partial charge < -0.3 is 38.5 Å². The highest BCUT2D eigenvalue weighted by Crippen LogP contribution is 2.21. The lowest BCUT2D eigenvalue weighted by Gasteiger charge is -2.20. The van der Waals surface area contributed by atoms with Crippen LogP contribution in [0.2, 0.25) is 0 Å². The van der Waals surface area contributed by atoms with Gasteiger partial charge in [-0.1, -0.05) is 40.0 Å². The zero-order valence-electron chi connectivity index (χ0n) is 39.1. The third-order valence-electron chi connectivity index (χ3n) is 10.5. The van der Waals surface area contributed by atoms with Crippen molar-refractivity contribution in [3.8, 4) is 0 Å². The molecule has 15 nitrogen and oxygen atoms in total. The van der Waals surface area contributed by atoms with Crippen molar-refractivity contribution in [2.24, 2.45) is 11.3 Å². The van der Waals surface area contributed by atoms with E-state index in [0.29, 0.717) is 129 Å². The number of carbonyl (C=O) groups excluding carboxylic acids is 7. The Labute approximate surface area is 372 Å². The molecule has 62 heavy (non-hydrogen) atoms. The highest BCUT2D eigenvalue weighted by Gasteiger charge is 2.26. The molecule has 0 aliphatic rings. The molecule has 360 valence electrons. The first-order valence-electron chi connectivity index (χ1n) is 23.7. The molecular formula is C47H83NO14. The molecule has 1 atom stereocenters. The molecule has 0 heterocycles. The molecule has 0 saturated heterocycles. The maximum atomic E-state index is 12.0. The van der Waals surface area contributed by atoms with Crippen LogP contribution in [0, 0.1) is 11.3 Å². The molecule has 0 saturated carbocycles. The number of unbranched alkanes of at least 4 members (excludes halogenated alkanes) is 11. The van der Waals surface area contributed by atoms with Gasteiger partial charge in [0, 0.05) is 32.1 Å². The average molecular weight is 886 g/mol. The maximum absolute atomic E-state index is 12.0. The van der Waals surface area contributed by atoms with Crippen molar-refractivity contribution < 1.29 is 66.7 Å². The summed E-state index contributed by atoms with van der Waals surface area (Å²) in [6.07, 6.45) is 16.5. The van der Waals surface area contributed by atoms with Gasteiger partial charge >= 0.3 is 41.9 Å². The fourth-order valence-electron chi connectivity index (χ4n) is 5.81. The lowest BCUT2D eigenvalue weighted by molar-refractivity contribution is -0.154. The van der Waals surface area contributed by atoms with Crippen LogP contribution in [-0.2, 0) is 61.9 Å². The summed E-state index contributed by atoms with van der Waals surface area (Å²) in [5, 5.41) is 2.54. The summed E-state index contributed by atoms with van der Waals surface area (Å²) in [6.45, 7) is 12.1. The van der Waals surface area contributed by atoms with Crippen LogP contribution in [0.1, 0.15) is 195 Å². The minimum absolute atomic E-state index is 0.0796. The second-order valence-electron chi connectivity index (χ2n) is 16.5. The molecule has 1 unspecified atom stereocenters. The van der Waals surface area contributed by atoms with E-state index in [1.54, 1.807) is 13.8 Å². The number of carbonyl (C=O) groups is 7. The van der Waals surface area contributed by atoms with E-state index in [2.05, 4.69) is 19.2 Å². The Hall–Kier alpha value is -3.91. The molecule has 0 radical (unpaired) electrons. The van der Waals surface area contributed by atoms with Crippen LogP contribution >= 0.6 is 0 Å². The average Bonchev–Trinajstić information content (AvgIpc) is 3.25. The minimum atomic E-state index is -0.579. The van der Waals surface area contributed by atoms with Crippen LogP contribution in [0.4, 0.5) is 4.79 Å².